The van der Waals surface area contributed by atoms with E-state index in [0.29, 0.717) is 5.92 Å². The van der Waals surface area contributed by atoms with Crippen LogP contribution in [-0.2, 0) is 9.53 Å². The maximum atomic E-state index is 10.8. The number of rotatable bonds is 1. The summed E-state index contributed by atoms with van der Waals surface area (Å²) in [5.41, 5.74) is 0. The lowest BCUT2D eigenvalue weighted by molar-refractivity contribution is -0.154. The summed E-state index contributed by atoms with van der Waals surface area (Å²) in [6.07, 6.45) is 3.82. The molecule has 0 radical (unpaired) electrons. The Morgan fingerprint density at radius 3 is 2.69 bits per heavy atom. The molecule has 0 aromatic rings. The molecule has 2 rings (SSSR count). The van der Waals surface area contributed by atoms with Crippen LogP contribution < -0.4 is 0 Å². The van der Waals surface area contributed by atoms with Crippen LogP contribution in [0.4, 0.5) is 0 Å². The first-order valence-corrected chi connectivity index (χ1v) is 5.04. The highest BCUT2D eigenvalue weighted by molar-refractivity contribution is 5.66. The average Bonchev–Trinajstić information content (AvgIpc) is 2.31. The number of hydrogen-bond donors (Lipinski definition) is 1. The molecule has 4 atom stereocenters. The van der Waals surface area contributed by atoms with E-state index in [1.54, 1.807) is 0 Å². The van der Waals surface area contributed by atoms with E-state index in [4.69, 9.17) is 4.74 Å². The van der Waals surface area contributed by atoms with Gasteiger partial charge in [0.15, 0.2) is 0 Å². The van der Waals surface area contributed by atoms with Crippen LogP contribution in [0.25, 0.3) is 0 Å². The molecular formula is C10H16O3. The Morgan fingerprint density at radius 1 is 1.31 bits per heavy atom. The number of carbonyl (C=O) groups is 1. The fraction of sp³-hybridized carbons (Fsp3) is 0.900. The molecule has 3 nitrogen and oxygen atoms in total. The number of hydrogen-bond acceptors (Lipinski definition) is 3. The summed E-state index contributed by atoms with van der Waals surface area (Å²) in [6, 6.07) is 0. The van der Waals surface area contributed by atoms with Crippen LogP contribution in [-0.4, -0.2) is 23.3 Å². The zero-order valence-corrected chi connectivity index (χ0v) is 7.90. The van der Waals surface area contributed by atoms with Gasteiger partial charge in [-0.1, -0.05) is 0 Å². The minimum Gasteiger partial charge on any atom is -0.462 e. The molecule has 0 aromatic heterocycles. The molecule has 2 bridgehead atoms. The van der Waals surface area contributed by atoms with Crippen molar-refractivity contribution in [3.05, 3.63) is 0 Å². The topological polar surface area (TPSA) is 46.5 Å². The standard InChI is InChI=1S/C10H16O3/c1-6(11)13-9-5-3-7-2-4-8(9)10(7)12/h7-10,12H,2-5H2,1H3/t7-,8+,9-,10-/m0/s1. The predicted molar refractivity (Wildman–Crippen MR) is 47.0 cm³/mol. The van der Waals surface area contributed by atoms with Crippen molar-refractivity contribution in [2.24, 2.45) is 11.8 Å². The van der Waals surface area contributed by atoms with Gasteiger partial charge in [-0.25, -0.2) is 0 Å². The van der Waals surface area contributed by atoms with Gasteiger partial charge in [0, 0.05) is 12.8 Å². The highest BCUT2D eigenvalue weighted by atomic mass is 16.5. The first-order chi connectivity index (χ1) is 6.18. The minimum absolute atomic E-state index is 0.0220. The average molecular weight is 184 g/mol. The molecule has 2 saturated carbocycles. The lowest BCUT2D eigenvalue weighted by atomic mass is 9.84. The Balaban J connectivity index is 2.01. The van der Waals surface area contributed by atoms with Gasteiger partial charge in [-0.05, 0) is 31.6 Å². The number of aliphatic hydroxyl groups excluding tert-OH is 1. The third-order valence-electron chi connectivity index (χ3n) is 3.41. The maximum Gasteiger partial charge on any atom is 0.302 e. The highest BCUT2D eigenvalue weighted by Crippen LogP contribution is 2.43. The second-order valence-corrected chi connectivity index (χ2v) is 4.22. The molecule has 1 N–H and O–H groups in total. The van der Waals surface area contributed by atoms with E-state index in [2.05, 4.69) is 0 Å². The van der Waals surface area contributed by atoms with Crippen molar-refractivity contribution in [2.45, 2.75) is 44.8 Å². The van der Waals surface area contributed by atoms with Crippen molar-refractivity contribution in [3.8, 4) is 0 Å². The van der Waals surface area contributed by atoms with E-state index in [-0.39, 0.29) is 24.1 Å². The van der Waals surface area contributed by atoms with Crippen LogP contribution in [0.3, 0.4) is 0 Å². The Morgan fingerprint density at radius 2 is 2.00 bits per heavy atom. The van der Waals surface area contributed by atoms with Crippen LogP contribution in [0.1, 0.15) is 32.6 Å². The predicted octanol–water partition coefficient (Wildman–Crippen LogP) is 1.10. The van der Waals surface area contributed by atoms with E-state index < -0.39 is 0 Å². The van der Waals surface area contributed by atoms with Crippen LogP contribution in [0.15, 0.2) is 0 Å². The third kappa shape index (κ3) is 1.57. The summed E-state index contributed by atoms with van der Waals surface area (Å²) in [7, 11) is 0. The summed E-state index contributed by atoms with van der Waals surface area (Å²) >= 11 is 0. The van der Waals surface area contributed by atoms with Gasteiger partial charge >= 0.3 is 5.97 Å². The molecule has 3 heteroatoms. The number of ether oxygens (including phenoxy) is 1. The monoisotopic (exact) mass is 184 g/mol. The van der Waals surface area contributed by atoms with Crippen molar-refractivity contribution in [3.63, 3.8) is 0 Å². The summed E-state index contributed by atoms with van der Waals surface area (Å²) in [6.45, 7) is 1.44. The highest BCUT2D eigenvalue weighted by Gasteiger charge is 2.44. The van der Waals surface area contributed by atoms with Gasteiger partial charge < -0.3 is 9.84 Å². The SMILES string of the molecule is CC(=O)O[C@H]1CC[C@@H]2CC[C@H]1[C@H]2O. The van der Waals surface area contributed by atoms with Crippen molar-refractivity contribution < 1.29 is 14.6 Å². The number of carbonyl (C=O) groups excluding carboxylic acids is 1. The van der Waals surface area contributed by atoms with Gasteiger partial charge in [0.2, 0.25) is 0 Å². The Kier molecular flexibility index (Phi) is 2.28. The first-order valence-electron chi connectivity index (χ1n) is 5.04. The summed E-state index contributed by atoms with van der Waals surface area (Å²) in [5, 5.41) is 9.80. The summed E-state index contributed by atoms with van der Waals surface area (Å²) in [5.74, 6) is 0.460. The van der Waals surface area contributed by atoms with E-state index in [1.165, 1.54) is 6.92 Å². The molecule has 0 aliphatic heterocycles. The molecule has 0 spiro atoms. The van der Waals surface area contributed by atoms with Crippen molar-refractivity contribution in [2.75, 3.05) is 0 Å². The van der Waals surface area contributed by atoms with Crippen molar-refractivity contribution in [1.82, 2.24) is 0 Å². The number of aliphatic hydroxyl groups is 1. The van der Waals surface area contributed by atoms with Crippen molar-refractivity contribution in [1.29, 1.82) is 0 Å². The van der Waals surface area contributed by atoms with Crippen LogP contribution in [0.2, 0.25) is 0 Å². The molecule has 74 valence electrons. The summed E-state index contributed by atoms with van der Waals surface area (Å²) < 4.78 is 5.19. The maximum absolute atomic E-state index is 10.8. The molecule has 13 heavy (non-hydrogen) atoms. The van der Waals surface area contributed by atoms with Gasteiger partial charge in [0.05, 0.1) is 6.10 Å². The first kappa shape index (κ1) is 9.00. The van der Waals surface area contributed by atoms with Gasteiger partial charge in [0.25, 0.3) is 0 Å². The van der Waals surface area contributed by atoms with Crippen LogP contribution in [0, 0.1) is 11.8 Å². The Hall–Kier alpha value is -0.570. The molecule has 0 heterocycles. The van der Waals surface area contributed by atoms with Crippen LogP contribution >= 0.6 is 0 Å². The van der Waals surface area contributed by atoms with E-state index in [9.17, 15) is 9.90 Å². The third-order valence-corrected chi connectivity index (χ3v) is 3.41. The number of fused-ring (bicyclic) bond motifs is 2. The number of esters is 1. The van der Waals surface area contributed by atoms with Gasteiger partial charge in [-0.2, -0.15) is 0 Å². The molecule has 2 aliphatic carbocycles. The molecule has 0 aromatic carbocycles. The molecule has 0 unspecified atom stereocenters. The molecular weight excluding hydrogens is 168 g/mol. The summed E-state index contributed by atoms with van der Waals surface area (Å²) in [4.78, 5) is 10.8. The van der Waals surface area contributed by atoms with Gasteiger partial charge in [-0.15, -0.1) is 0 Å². The fourth-order valence-corrected chi connectivity index (χ4v) is 2.77. The lowest BCUT2D eigenvalue weighted by Gasteiger charge is -2.32. The largest absolute Gasteiger partial charge is 0.462 e. The molecule has 0 amide bonds. The Bertz CT molecular complexity index is 214. The van der Waals surface area contributed by atoms with E-state index in [1.807, 2.05) is 0 Å². The van der Waals surface area contributed by atoms with Crippen LogP contribution in [0.5, 0.6) is 0 Å². The zero-order valence-electron chi connectivity index (χ0n) is 7.90. The van der Waals surface area contributed by atoms with Crippen molar-refractivity contribution >= 4 is 5.97 Å². The second kappa shape index (κ2) is 3.29. The Labute approximate surface area is 78.1 Å². The quantitative estimate of drug-likeness (QED) is 0.621. The lowest BCUT2D eigenvalue weighted by Crippen LogP contribution is -2.38. The van der Waals surface area contributed by atoms with Gasteiger partial charge in [-0.3, -0.25) is 4.79 Å². The fourth-order valence-electron chi connectivity index (χ4n) is 2.77. The molecule has 2 aliphatic rings. The van der Waals surface area contributed by atoms with E-state index >= 15 is 0 Å². The second-order valence-electron chi connectivity index (χ2n) is 4.22. The normalized spacial score (nSPS) is 43.2. The zero-order chi connectivity index (χ0) is 9.42. The molecule has 0 saturated heterocycles. The smallest absolute Gasteiger partial charge is 0.302 e. The minimum atomic E-state index is -0.224. The van der Waals surface area contributed by atoms with E-state index in [0.717, 1.165) is 25.7 Å². The molecule has 2 fully saturated rings. The van der Waals surface area contributed by atoms with Gasteiger partial charge in [0.1, 0.15) is 6.10 Å².